The molecule has 6 heteroatoms. The third-order valence-electron chi connectivity index (χ3n) is 3.37. The molecule has 1 aromatic rings. The Morgan fingerprint density at radius 3 is 2.32 bits per heavy atom. The number of pyridine rings is 1. The van der Waals surface area contributed by atoms with Crippen molar-refractivity contribution in [2.24, 2.45) is 5.92 Å². The van der Waals surface area contributed by atoms with Gasteiger partial charge in [0.15, 0.2) is 0 Å². The molecular weight excluding hydrogens is 262 g/mol. The van der Waals surface area contributed by atoms with Crippen LogP contribution < -0.4 is 5.73 Å². The number of nitrogens with zero attached hydrogens (tertiary/aromatic N) is 2. The second-order valence-electron chi connectivity index (χ2n) is 4.56. The van der Waals surface area contributed by atoms with Crippen LogP contribution in [0.25, 0.3) is 0 Å². The number of hydrogen-bond donors (Lipinski definition) is 1. The third-order valence-corrected chi connectivity index (χ3v) is 5.29. The maximum absolute atomic E-state index is 12.5. The largest absolute Gasteiger partial charge is 0.384 e. The van der Waals surface area contributed by atoms with E-state index < -0.39 is 10.0 Å². The van der Waals surface area contributed by atoms with E-state index in [9.17, 15) is 8.42 Å². The van der Waals surface area contributed by atoms with Crippen LogP contribution in [0.1, 0.15) is 33.6 Å². The molecule has 0 saturated carbocycles. The van der Waals surface area contributed by atoms with E-state index in [-0.39, 0.29) is 4.90 Å². The summed E-state index contributed by atoms with van der Waals surface area (Å²) >= 11 is 0. The average Bonchev–Trinajstić information content (AvgIpc) is 2.40. The fourth-order valence-corrected chi connectivity index (χ4v) is 3.40. The minimum Gasteiger partial charge on any atom is -0.384 e. The molecule has 5 nitrogen and oxygen atoms in total. The number of sulfonamides is 1. The standard InChI is InChI=1S/C13H23N3O2S/c1-4-11(5-2)10-16(6-3)19(17,18)12-7-8-13(14)15-9-12/h7-9,11H,4-6,10H2,1-3H3,(H2,14,15). The van der Waals surface area contributed by atoms with Crippen molar-refractivity contribution in [3.8, 4) is 0 Å². The molecule has 0 aliphatic rings. The maximum atomic E-state index is 12.5. The van der Waals surface area contributed by atoms with Crippen LogP contribution in [0.2, 0.25) is 0 Å². The van der Waals surface area contributed by atoms with Gasteiger partial charge in [0.1, 0.15) is 10.7 Å². The molecule has 1 heterocycles. The normalized spacial score (nSPS) is 12.3. The van der Waals surface area contributed by atoms with E-state index in [0.717, 1.165) is 12.8 Å². The van der Waals surface area contributed by atoms with Crippen LogP contribution in [0.4, 0.5) is 5.82 Å². The highest BCUT2D eigenvalue weighted by atomic mass is 32.2. The molecule has 0 unspecified atom stereocenters. The van der Waals surface area contributed by atoms with Gasteiger partial charge >= 0.3 is 0 Å². The zero-order valence-electron chi connectivity index (χ0n) is 11.8. The van der Waals surface area contributed by atoms with Crippen molar-refractivity contribution in [3.63, 3.8) is 0 Å². The van der Waals surface area contributed by atoms with Crippen molar-refractivity contribution >= 4 is 15.8 Å². The number of rotatable bonds is 7. The molecule has 0 aliphatic carbocycles. The first-order chi connectivity index (χ1) is 8.95. The molecule has 19 heavy (non-hydrogen) atoms. The second kappa shape index (κ2) is 6.86. The monoisotopic (exact) mass is 285 g/mol. The topological polar surface area (TPSA) is 76.3 Å². The highest BCUT2D eigenvalue weighted by Gasteiger charge is 2.25. The van der Waals surface area contributed by atoms with Crippen molar-refractivity contribution in [1.29, 1.82) is 0 Å². The molecule has 0 saturated heterocycles. The molecule has 2 N–H and O–H groups in total. The van der Waals surface area contributed by atoms with Gasteiger partial charge in [0.25, 0.3) is 0 Å². The van der Waals surface area contributed by atoms with Gasteiger partial charge in [0, 0.05) is 19.3 Å². The lowest BCUT2D eigenvalue weighted by atomic mass is 10.0. The van der Waals surface area contributed by atoms with Crippen molar-refractivity contribution in [2.45, 2.75) is 38.5 Å². The Kier molecular flexibility index (Phi) is 5.75. The summed E-state index contributed by atoms with van der Waals surface area (Å²) in [5.74, 6) is 0.707. The van der Waals surface area contributed by atoms with E-state index in [0.29, 0.717) is 24.8 Å². The van der Waals surface area contributed by atoms with Crippen LogP contribution in [0.5, 0.6) is 0 Å². The van der Waals surface area contributed by atoms with Gasteiger partial charge in [0.2, 0.25) is 10.0 Å². The Labute approximate surface area is 115 Å². The summed E-state index contributed by atoms with van der Waals surface area (Å²) in [6.07, 6.45) is 3.27. The van der Waals surface area contributed by atoms with Crippen LogP contribution >= 0.6 is 0 Å². The number of aromatic nitrogens is 1. The van der Waals surface area contributed by atoms with E-state index in [1.807, 2.05) is 6.92 Å². The van der Waals surface area contributed by atoms with Crippen molar-refractivity contribution in [2.75, 3.05) is 18.8 Å². The molecule has 0 atom stereocenters. The molecule has 0 radical (unpaired) electrons. The van der Waals surface area contributed by atoms with E-state index in [2.05, 4.69) is 18.8 Å². The predicted molar refractivity (Wildman–Crippen MR) is 77.2 cm³/mol. The molecule has 0 fully saturated rings. The van der Waals surface area contributed by atoms with Gasteiger partial charge in [-0.15, -0.1) is 0 Å². The predicted octanol–water partition coefficient (Wildman–Crippen LogP) is 2.11. The van der Waals surface area contributed by atoms with Crippen molar-refractivity contribution in [1.82, 2.24) is 9.29 Å². The van der Waals surface area contributed by atoms with Crippen LogP contribution in [0.3, 0.4) is 0 Å². The lowest BCUT2D eigenvalue weighted by molar-refractivity contribution is 0.339. The van der Waals surface area contributed by atoms with Gasteiger partial charge < -0.3 is 5.73 Å². The van der Waals surface area contributed by atoms with Crippen molar-refractivity contribution < 1.29 is 8.42 Å². The maximum Gasteiger partial charge on any atom is 0.244 e. The molecule has 1 rings (SSSR count). The summed E-state index contributed by atoms with van der Waals surface area (Å²) in [6, 6.07) is 3.02. The second-order valence-corrected chi connectivity index (χ2v) is 6.49. The van der Waals surface area contributed by atoms with Gasteiger partial charge in [0.05, 0.1) is 0 Å². The number of hydrogen-bond acceptors (Lipinski definition) is 4. The Morgan fingerprint density at radius 1 is 1.26 bits per heavy atom. The minimum atomic E-state index is -3.47. The summed E-state index contributed by atoms with van der Waals surface area (Å²) in [7, 11) is -3.47. The fourth-order valence-electron chi connectivity index (χ4n) is 1.93. The highest BCUT2D eigenvalue weighted by molar-refractivity contribution is 7.89. The molecule has 1 aromatic heterocycles. The average molecular weight is 285 g/mol. The first kappa shape index (κ1) is 15.9. The molecule has 0 aromatic carbocycles. The third kappa shape index (κ3) is 3.91. The zero-order chi connectivity index (χ0) is 14.5. The van der Waals surface area contributed by atoms with Gasteiger partial charge in [-0.1, -0.05) is 33.6 Å². The van der Waals surface area contributed by atoms with Gasteiger partial charge in [-0.2, -0.15) is 4.31 Å². The molecular formula is C13H23N3O2S. The summed E-state index contributed by atoms with van der Waals surface area (Å²) < 4.78 is 26.5. The van der Waals surface area contributed by atoms with E-state index in [4.69, 9.17) is 5.73 Å². The van der Waals surface area contributed by atoms with Crippen LogP contribution in [-0.2, 0) is 10.0 Å². The minimum absolute atomic E-state index is 0.203. The molecule has 108 valence electrons. The molecule has 0 aliphatic heterocycles. The van der Waals surface area contributed by atoms with Gasteiger partial charge in [-0.25, -0.2) is 13.4 Å². The van der Waals surface area contributed by atoms with E-state index in [1.165, 1.54) is 22.6 Å². The molecule has 0 spiro atoms. The summed E-state index contributed by atoms with van der Waals surface area (Å²) in [5.41, 5.74) is 5.48. The van der Waals surface area contributed by atoms with Gasteiger partial charge in [-0.3, -0.25) is 0 Å². The van der Waals surface area contributed by atoms with Crippen molar-refractivity contribution in [3.05, 3.63) is 18.3 Å². The Morgan fingerprint density at radius 2 is 1.89 bits per heavy atom. The van der Waals surface area contributed by atoms with E-state index >= 15 is 0 Å². The van der Waals surface area contributed by atoms with Crippen LogP contribution in [0, 0.1) is 5.92 Å². The number of anilines is 1. The zero-order valence-corrected chi connectivity index (χ0v) is 12.7. The smallest absolute Gasteiger partial charge is 0.244 e. The fraction of sp³-hybridized carbons (Fsp3) is 0.615. The first-order valence-electron chi connectivity index (χ1n) is 6.67. The summed E-state index contributed by atoms with van der Waals surface area (Å²) in [6.45, 7) is 7.03. The highest BCUT2D eigenvalue weighted by Crippen LogP contribution is 2.19. The molecule has 0 amide bonds. The quantitative estimate of drug-likeness (QED) is 0.832. The lowest BCUT2D eigenvalue weighted by Gasteiger charge is -2.24. The SMILES string of the molecule is CCC(CC)CN(CC)S(=O)(=O)c1ccc(N)nc1. The Hall–Kier alpha value is -1.14. The molecule has 0 bridgehead atoms. The van der Waals surface area contributed by atoms with Crippen LogP contribution in [0.15, 0.2) is 23.2 Å². The number of nitrogen functional groups attached to an aromatic ring is 1. The van der Waals surface area contributed by atoms with Gasteiger partial charge in [-0.05, 0) is 18.1 Å². The summed E-state index contributed by atoms with van der Waals surface area (Å²) in [4.78, 5) is 4.06. The Balaban J connectivity index is 2.98. The lowest BCUT2D eigenvalue weighted by Crippen LogP contribution is -2.35. The van der Waals surface area contributed by atoms with Crippen LogP contribution in [-0.4, -0.2) is 30.8 Å². The van der Waals surface area contributed by atoms with E-state index in [1.54, 1.807) is 0 Å². The Bertz CT molecular complexity index is 481. The first-order valence-corrected chi connectivity index (χ1v) is 8.11. The number of nitrogens with two attached hydrogens (primary N) is 1. The summed E-state index contributed by atoms with van der Waals surface area (Å²) in [5, 5.41) is 0.